The van der Waals surface area contributed by atoms with E-state index < -0.39 is 46.5 Å². The summed E-state index contributed by atoms with van der Waals surface area (Å²) in [6.45, 7) is 0.622. The summed E-state index contributed by atoms with van der Waals surface area (Å²) in [6, 6.07) is 8.98. The smallest absolute Gasteiger partial charge is 0.417 e. The minimum Gasteiger partial charge on any atom is -0.493 e. The summed E-state index contributed by atoms with van der Waals surface area (Å²) in [5.41, 5.74) is -1.63. The molecule has 0 bridgehead atoms. The Morgan fingerprint density at radius 1 is 1.21 bits per heavy atom. The highest BCUT2D eigenvalue weighted by Crippen LogP contribution is 2.46. The first-order valence-corrected chi connectivity index (χ1v) is 14.1. The minimum absolute atomic E-state index is 0.0236. The largest absolute Gasteiger partial charge is 0.493 e. The van der Waals surface area contributed by atoms with Gasteiger partial charge in [0.2, 0.25) is 5.13 Å². The number of nitrogens with zero attached hydrogens (tertiary/aromatic N) is 3. The van der Waals surface area contributed by atoms with E-state index in [0.29, 0.717) is 30.9 Å². The van der Waals surface area contributed by atoms with Crippen molar-refractivity contribution in [1.82, 2.24) is 14.3 Å². The molecular weight excluding hydrogens is 548 g/mol. The number of hydrogen-bond acceptors (Lipinski definition) is 8. The first-order chi connectivity index (χ1) is 18.0. The van der Waals surface area contributed by atoms with Gasteiger partial charge in [-0.2, -0.15) is 17.5 Å². The Morgan fingerprint density at radius 3 is 2.66 bits per heavy atom. The zero-order chi connectivity index (χ0) is 27.1. The van der Waals surface area contributed by atoms with E-state index in [1.807, 2.05) is 4.90 Å². The fourth-order valence-electron chi connectivity index (χ4n) is 5.00. The number of ether oxygens (including phenoxy) is 1. The van der Waals surface area contributed by atoms with Crippen LogP contribution in [-0.2, 0) is 10.0 Å². The molecule has 0 amide bonds. The van der Waals surface area contributed by atoms with Gasteiger partial charge >= 0.3 is 6.18 Å². The lowest BCUT2D eigenvalue weighted by Gasteiger charge is -2.46. The second-order valence-electron chi connectivity index (χ2n) is 9.43. The van der Waals surface area contributed by atoms with E-state index in [1.54, 1.807) is 6.07 Å². The Morgan fingerprint density at radius 2 is 1.97 bits per heavy atom. The summed E-state index contributed by atoms with van der Waals surface area (Å²) < 4.78 is 92.1. The number of piperidine rings is 1. The highest BCUT2D eigenvalue weighted by Gasteiger charge is 2.57. The van der Waals surface area contributed by atoms with Crippen LogP contribution in [-0.4, -0.2) is 59.3 Å². The average Bonchev–Trinajstić information content (AvgIpc) is 3.37. The van der Waals surface area contributed by atoms with Crippen LogP contribution in [0.25, 0.3) is 0 Å². The first-order valence-electron chi connectivity index (χ1n) is 11.8. The van der Waals surface area contributed by atoms with E-state index in [4.69, 9.17) is 4.74 Å². The van der Waals surface area contributed by atoms with Crippen molar-refractivity contribution in [3.05, 3.63) is 65.7 Å². The number of nitrogens with one attached hydrogen (secondary N) is 1. The monoisotopic (exact) mass is 572 g/mol. The zero-order valence-electron chi connectivity index (χ0n) is 19.9. The molecule has 0 spiro atoms. The quantitative estimate of drug-likeness (QED) is 0.420. The molecule has 3 atom stereocenters. The molecule has 2 N–H and O–H groups in total. The Hall–Kier alpha value is -2.81. The van der Waals surface area contributed by atoms with Gasteiger partial charge < -0.3 is 9.84 Å². The van der Waals surface area contributed by atoms with E-state index >= 15 is 0 Å². The maximum absolute atomic E-state index is 13.7. The van der Waals surface area contributed by atoms with Gasteiger partial charge in [-0.05, 0) is 42.2 Å². The number of rotatable bonds is 6. The summed E-state index contributed by atoms with van der Waals surface area (Å²) >= 11 is 0.896. The van der Waals surface area contributed by atoms with Crippen LogP contribution < -0.4 is 9.46 Å². The number of anilines is 1. The van der Waals surface area contributed by atoms with Gasteiger partial charge in [-0.1, -0.05) is 18.2 Å². The average molecular weight is 573 g/mol. The third-order valence-corrected chi connectivity index (χ3v) is 9.11. The van der Waals surface area contributed by atoms with Crippen molar-refractivity contribution in [2.24, 2.45) is 0 Å². The van der Waals surface area contributed by atoms with E-state index in [9.17, 15) is 31.1 Å². The van der Waals surface area contributed by atoms with Gasteiger partial charge in [-0.25, -0.2) is 17.8 Å². The standard InChI is InChI=1S/C24H24F4N4O4S2/c25-17-3-1-15(2-4-17)20-12-23(33,24(26,27)28)8-9-32(20)13-16-7-10-36-21-11-18(5-6-19(16)21)38(34,35)31-22-29-14-30-37-22/h1-6,11,14,16,20,33H,7-10,12-13H2,(H,29,30,31)/t16-,20-,23-/m0/s1. The Bertz CT molecular complexity index is 1390. The molecule has 8 nitrogen and oxygen atoms in total. The number of hydrogen-bond donors (Lipinski definition) is 2. The Balaban J connectivity index is 1.40. The summed E-state index contributed by atoms with van der Waals surface area (Å²) in [5, 5.41) is 10.6. The lowest BCUT2D eigenvalue weighted by molar-refractivity contribution is -0.278. The van der Waals surface area contributed by atoms with Gasteiger partial charge in [0.15, 0.2) is 5.60 Å². The number of aliphatic hydroxyl groups is 1. The Kier molecular flexibility index (Phi) is 7.09. The number of benzene rings is 2. The minimum atomic E-state index is -4.80. The molecule has 0 radical (unpaired) electrons. The fraction of sp³-hybridized carbons (Fsp3) is 0.417. The first kappa shape index (κ1) is 26.8. The van der Waals surface area contributed by atoms with Gasteiger partial charge in [0, 0.05) is 49.1 Å². The van der Waals surface area contributed by atoms with Crippen molar-refractivity contribution in [3.63, 3.8) is 0 Å². The fourth-order valence-corrected chi connectivity index (χ4v) is 6.68. The van der Waals surface area contributed by atoms with Crippen LogP contribution >= 0.6 is 11.5 Å². The number of aromatic nitrogens is 2. The normalized spacial score (nSPS) is 24.4. The highest BCUT2D eigenvalue weighted by atomic mass is 32.2. The Labute approximate surface area is 220 Å². The third kappa shape index (κ3) is 5.35. The van der Waals surface area contributed by atoms with Crippen molar-refractivity contribution < 1.29 is 35.8 Å². The highest BCUT2D eigenvalue weighted by molar-refractivity contribution is 7.93. The molecule has 0 unspecified atom stereocenters. The molecule has 2 aliphatic heterocycles. The van der Waals surface area contributed by atoms with E-state index in [0.717, 1.165) is 17.1 Å². The predicted molar refractivity (Wildman–Crippen MR) is 131 cm³/mol. The van der Waals surface area contributed by atoms with Gasteiger partial charge in [0.1, 0.15) is 17.9 Å². The molecule has 3 heterocycles. The number of fused-ring (bicyclic) bond motifs is 1. The number of sulfonamides is 1. The van der Waals surface area contributed by atoms with Crippen LogP contribution in [0.5, 0.6) is 5.75 Å². The maximum atomic E-state index is 13.7. The van der Waals surface area contributed by atoms with Crippen LogP contribution in [0.4, 0.5) is 22.7 Å². The van der Waals surface area contributed by atoms with Crippen LogP contribution in [0.2, 0.25) is 0 Å². The van der Waals surface area contributed by atoms with Crippen LogP contribution in [0.15, 0.2) is 53.7 Å². The number of alkyl halides is 3. The van der Waals surface area contributed by atoms with Crippen LogP contribution in [0, 0.1) is 5.82 Å². The third-order valence-electron chi connectivity index (χ3n) is 7.06. The molecule has 1 aromatic heterocycles. The molecule has 5 rings (SSSR count). The topological polar surface area (TPSA) is 105 Å². The van der Waals surface area contributed by atoms with Crippen molar-refractivity contribution in [1.29, 1.82) is 0 Å². The summed E-state index contributed by atoms with van der Waals surface area (Å²) in [7, 11) is -3.93. The number of likely N-dealkylation sites (tertiary alicyclic amines) is 1. The van der Waals surface area contributed by atoms with Crippen molar-refractivity contribution in [3.8, 4) is 5.75 Å². The molecule has 0 aliphatic carbocycles. The van der Waals surface area contributed by atoms with E-state index in [-0.39, 0.29) is 22.5 Å². The van der Waals surface area contributed by atoms with E-state index in [2.05, 4.69) is 14.1 Å². The molecular formula is C24H24F4N4O4S2. The van der Waals surface area contributed by atoms with Gasteiger partial charge in [0.05, 0.1) is 11.5 Å². The van der Waals surface area contributed by atoms with Gasteiger partial charge in [-0.15, -0.1) is 0 Å². The van der Waals surface area contributed by atoms with Crippen LogP contribution in [0.3, 0.4) is 0 Å². The molecule has 1 fully saturated rings. The second-order valence-corrected chi connectivity index (χ2v) is 11.9. The predicted octanol–water partition coefficient (Wildman–Crippen LogP) is 4.47. The molecule has 204 valence electrons. The van der Waals surface area contributed by atoms with Gasteiger partial charge in [0.25, 0.3) is 10.0 Å². The van der Waals surface area contributed by atoms with Gasteiger partial charge in [-0.3, -0.25) is 9.62 Å². The lowest BCUT2D eigenvalue weighted by atomic mass is 9.81. The molecule has 2 aliphatic rings. The summed E-state index contributed by atoms with van der Waals surface area (Å²) in [6.07, 6.45) is -4.06. The van der Waals surface area contributed by atoms with E-state index in [1.165, 1.54) is 42.7 Å². The van der Waals surface area contributed by atoms with Crippen molar-refractivity contribution in [2.75, 3.05) is 24.4 Å². The van der Waals surface area contributed by atoms with Crippen molar-refractivity contribution >= 4 is 26.7 Å². The molecule has 38 heavy (non-hydrogen) atoms. The molecule has 14 heteroatoms. The summed E-state index contributed by atoms with van der Waals surface area (Å²) in [5.74, 6) is -0.290. The zero-order valence-corrected chi connectivity index (χ0v) is 21.5. The SMILES string of the molecule is O=S(=O)(Nc1ncns1)c1ccc2c(c1)OCC[C@H]2CN1CC[C@@](O)(C(F)(F)F)C[C@H]1c1ccc(F)cc1. The molecule has 0 saturated carbocycles. The molecule has 2 aromatic carbocycles. The van der Waals surface area contributed by atoms with Crippen LogP contribution in [0.1, 0.15) is 42.3 Å². The summed E-state index contributed by atoms with van der Waals surface area (Å²) in [4.78, 5) is 5.67. The second kappa shape index (κ2) is 10.1. The lowest BCUT2D eigenvalue weighted by Crippen LogP contribution is -2.54. The van der Waals surface area contributed by atoms with Crippen molar-refractivity contribution in [2.45, 2.75) is 47.9 Å². The number of halogens is 4. The molecule has 1 saturated heterocycles. The molecule has 3 aromatic rings. The maximum Gasteiger partial charge on any atom is 0.417 e.